The first kappa shape index (κ1) is 12.8. The van der Waals surface area contributed by atoms with Crippen LogP contribution in [0.5, 0.6) is 11.6 Å². The monoisotopic (exact) mass is 264 g/mol. The number of hydrogen-bond acceptors (Lipinski definition) is 4. The highest BCUT2D eigenvalue weighted by molar-refractivity contribution is 6.29. The molecular formula is C13H13ClN2O2. The molecule has 2 aromatic rings. The average molecular weight is 265 g/mol. The van der Waals surface area contributed by atoms with Gasteiger partial charge in [-0.15, -0.1) is 0 Å². The molecule has 5 heteroatoms. The molecule has 94 valence electrons. The molecule has 18 heavy (non-hydrogen) atoms. The van der Waals surface area contributed by atoms with Crippen LogP contribution in [0.3, 0.4) is 0 Å². The SMILES string of the molecule is Cc1nc(Cl)cc(Oc2ccccc2CCO)n1. The van der Waals surface area contributed by atoms with Crippen molar-refractivity contribution in [3.8, 4) is 11.6 Å². The van der Waals surface area contributed by atoms with Crippen LogP contribution in [0.1, 0.15) is 11.4 Å². The topological polar surface area (TPSA) is 55.2 Å². The van der Waals surface area contributed by atoms with Crippen LogP contribution in [0, 0.1) is 6.92 Å². The molecule has 0 spiro atoms. The van der Waals surface area contributed by atoms with Gasteiger partial charge in [-0.3, -0.25) is 0 Å². The van der Waals surface area contributed by atoms with Gasteiger partial charge in [-0.25, -0.2) is 4.98 Å². The Kier molecular flexibility index (Phi) is 4.12. The van der Waals surface area contributed by atoms with Crippen molar-refractivity contribution in [2.75, 3.05) is 6.61 Å². The summed E-state index contributed by atoms with van der Waals surface area (Å²) < 4.78 is 5.68. The number of aromatic nitrogens is 2. The molecule has 0 aliphatic carbocycles. The lowest BCUT2D eigenvalue weighted by Gasteiger charge is -2.09. The second-order valence-corrected chi connectivity index (χ2v) is 4.15. The molecule has 0 radical (unpaired) electrons. The Balaban J connectivity index is 2.27. The fraction of sp³-hybridized carbons (Fsp3) is 0.231. The highest BCUT2D eigenvalue weighted by atomic mass is 35.5. The molecule has 0 bridgehead atoms. The zero-order chi connectivity index (χ0) is 13.0. The van der Waals surface area contributed by atoms with E-state index >= 15 is 0 Å². The summed E-state index contributed by atoms with van der Waals surface area (Å²) in [7, 11) is 0. The van der Waals surface area contributed by atoms with Gasteiger partial charge in [0.05, 0.1) is 0 Å². The number of benzene rings is 1. The summed E-state index contributed by atoms with van der Waals surface area (Å²) in [5.41, 5.74) is 0.924. The molecule has 0 unspecified atom stereocenters. The molecule has 1 heterocycles. The van der Waals surface area contributed by atoms with Crippen molar-refractivity contribution in [1.29, 1.82) is 0 Å². The molecular weight excluding hydrogens is 252 g/mol. The minimum atomic E-state index is 0.0733. The number of halogens is 1. The largest absolute Gasteiger partial charge is 0.439 e. The van der Waals surface area contributed by atoms with E-state index in [1.54, 1.807) is 13.0 Å². The Morgan fingerprint density at radius 3 is 2.78 bits per heavy atom. The van der Waals surface area contributed by atoms with Crippen LogP contribution in [0.4, 0.5) is 0 Å². The lowest BCUT2D eigenvalue weighted by Crippen LogP contribution is -1.97. The van der Waals surface area contributed by atoms with Crippen LogP contribution >= 0.6 is 11.6 Å². The van der Waals surface area contributed by atoms with Gasteiger partial charge in [0.15, 0.2) is 0 Å². The summed E-state index contributed by atoms with van der Waals surface area (Å²) in [5, 5.41) is 9.34. The Bertz CT molecular complexity index is 526. The number of nitrogens with zero attached hydrogens (tertiary/aromatic N) is 2. The molecule has 0 fully saturated rings. The van der Waals surface area contributed by atoms with Crippen LogP contribution in [-0.4, -0.2) is 21.7 Å². The molecule has 0 atom stereocenters. The number of hydrogen-bond donors (Lipinski definition) is 1. The summed E-state index contributed by atoms with van der Waals surface area (Å²) in [4.78, 5) is 8.12. The van der Waals surface area contributed by atoms with Gasteiger partial charge in [0.25, 0.3) is 0 Å². The number of ether oxygens (including phenoxy) is 1. The maximum absolute atomic E-state index is 9.00. The van der Waals surface area contributed by atoms with Crippen LogP contribution in [0.15, 0.2) is 30.3 Å². The van der Waals surface area contributed by atoms with Crippen molar-refractivity contribution < 1.29 is 9.84 Å². The van der Waals surface area contributed by atoms with Crippen molar-refractivity contribution in [1.82, 2.24) is 9.97 Å². The summed E-state index contributed by atoms with van der Waals surface area (Å²) in [6.45, 7) is 1.82. The highest BCUT2D eigenvalue weighted by Gasteiger charge is 2.06. The number of aliphatic hydroxyl groups excluding tert-OH is 1. The molecule has 1 aromatic carbocycles. The van der Waals surface area contributed by atoms with Gasteiger partial charge in [0, 0.05) is 12.7 Å². The zero-order valence-corrected chi connectivity index (χ0v) is 10.7. The van der Waals surface area contributed by atoms with Gasteiger partial charge in [0.1, 0.15) is 16.7 Å². The molecule has 1 N–H and O–H groups in total. The average Bonchev–Trinajstić information content (AvgIpc) is 2.30. The van der Waals surface area contributed by atoms with E-state index in [0.717, 1.165) is 5.56 Å². The van der Waals surface area contributed by atoms with Gasteiger partial charge in [0.2, 0.25) is 5.88 Å². The Morgan fingerprint density at radius 1 is 1.28 bits per heavy atom. The van der Waals surface area contributed by atoms with Crippen molar-refractivity contribution >= 4 is 11.6 Å². The molecule has 1 aromatic heterocycles. The predicted octanol–water partition coefficient (Wildman–Crippen LogP) is 2.77. The molecule has 0 saturated heterocycles. The van der Waals surface area contributed by atoms with Gasteiger partial charge < -0.3 is 9.84 Å². The molecule has 0 saturated carbocycles. The Hall–Kier alpha value is -1.65. The van der Waals surface area contributed by atoms with Crippen LogP contribution in [-0.2, 0) is 6.42 Å². The Morgan fingerprint density at radius 2 is 2.06 bits per heavy atom. The number of aliphatic hydroxyl groups is 1. The molecule has 0 aliphatic heterocycles. The summed E-state index contributed by atoms with van der Waals surface area (Å²) >= 11 is 5.85. The maximum atomic E-state index is 9.00. The first-order chi connectivity index (χ1) is 8.69. The van der Waals surface area contributed by atoms with E-state index in [-0.39, 0.29) is 6.61 Å². The molecule has 4 nitrogen and oxygen atoms in total. The summed E-state index contributed by atoms with van der Waals surface area (Å²) in [5.74, 6) is 1.62. The van der Waals surface area contributed by atoms with E-state index in [4.69, 9.17) is 21.4 Å². The lowest BCUT2D eigenvalue weighted by atomic mass is 10.1. The van der Waals surface area contributed by atoms with E-state index in [0.29, 0.717) is 29.0 Å². The van der Waals surface area contributed by atoms with Gasteiger partial charge in [-0.05, 0) is 25.0 Å². The van der Waals surface area contributed by atoms with Crippen molar-refractivity contribution in [3.05, 3.63) is 46.9 Å². The summed E-state index contributed by atoms with van der Waals surface area (Å²) in [6.07, 6.45) is 0.536. The molecule has 2 rings (SSSR count). The highest BCUT2D eigenvalue weighted by Crippen LogP contribution is 2.25. The third-order valence-corrected chi connectivity index (χ3v) is 2.55. The van der Waals surface area contributed by atoms with E-state index in [1.807, 2.05) is 24.3 Å². The fourth-order valence-electron chi connectivity index (χ4n) is 1.60. The lowest BCUT2D eigenvalue weighted by molar-refractivity contribution is 0.297. The quantitative estimate of drug-likeness (QED) is 0.863. The van der Waals surface area contributed by atoms with E-state index < -0.39 is 0 Å². The van der Waals surface area contributed by atoms with Crippen molar-refractivity contribution in [3.63, 3.8) is 0 Å². The fourth-order valence-corrected chi connectivity index (χ4v) is 1.82. The van der Waals surface area contributed by atoms with E-state index in [9.17, 15) is 0 Å². The normalized spacial score (nSPS) is 10.4. The van der Waals surface area contributed by atoms with E-state index in [1.165, 1.54) is 0 Å². The van der Waals surface area contributed by atoms with Gasteiger partial charge >= 0.3 is 0 Å². The number of para-hydroxylation sites is 1. The minimum absolute atomic E-state index is 0.0733. The van der Waals surface area contributed by atoms with Crippen molar-refractivity contribution in [2.24, 2.45) is 0 Å². The number of rotatable bonds is 4. The van der Waals surface area contributed by atoms with Gasteiger partial charge in [-0.1, -0.05) is 29.8 Å². The van der Waals surface area contributed by atoms with E-state index in [2.05, 4.69) is 9.97 Å². The molecule has 0 aliphatic rings. The number of aryl methyl sites for hydroxylation is 1. The second-order valence-electron chi connectivity index (χ2n) is 3.76. The zero-order valence-electron chi connectivity index (χ0n) is 9.93. The van der Waals surface area contributed by atoms with Crippen LogP contribution in [0.25, 0.3) is 0 Å². The first-order valence-corrected chi connectivity index (χ1v) is 5.94. The maximum Gasteiger partial charge on any atom is 0.224 e. The van der Waals surface area contributed by atoms with Crippen molar-refractivity contribution in [2.45, 2.75) is 13.3 Å². The third-order valence-electron chi connectivity index (χ3n) is 2.35. The Labute approximate surface area is 110 Å². The smallest absolute Gasteiger partial charge is 0.224 e. The predicted molar refractivity (Wildman–Crippen MR) is 69.1 cm³/mol. The van der Waals surface area contributed by atoms with Gasteiger partial charge in [-0.2, -0.15) is 4.98 Å². The third kappa shape index (κ3) is 3.18. The molecule has 0 amide bonds. The standard InChI is InChI=1S/C13H13ClN2O2/c1-9-15-12(14)8-13(16-9)18-11-5-3-2-4-10(11)6-7-17/h2-5,8,17H,6-7H2,1H3. The van der Waals surface area contributed by atoms with Crippen LogP contribution < -0.4 is 4.74 Å². The minimum Gasteiger partial charge on any atom is -0.439 e. The first-order valence-electron chi connectivity index (χ1n) is 5.57. The second kappa shape index (κ2) is 5.80. The van der Waals surface area contributed by atoms with Crippen LogP contribution in [0.2, 0.25) is 5.15 Å². The summed E-state index contributed by atoms with van der Waals surface area (Å²) in [6, 6.07) is 9.06.